The molecule has 0 radical (unpaired) electrons. The first-order valence-electron chi connectivity index (χ1n) is 12.1. The van der Waals surface area contributed by atoms with Crippen LogP contribution in [-0.2, 0) is 9.53 Å². The van der Waals surface area contributed by atoms with E-state index >= 15 is 4.39 Å². The Morgan fingerprint density at radius 3 is 2.73 bits per heavy atom. The second kappa shape index (κ2) is 10.5. The maximum Gasteiger partial charge on any atom is 0.231 e. The Bertz CT molecular complexity index is 813. The smallest absolute Gasteiger partial charge is 0.231 e. The molecule has 4 N–H and O–H groups in total. The normalized spacial score (nSPS) is 25.5. The third-order valence-corrected chi connectivity index (χ3v) is 7.63. The number of likely N-dealkylation sites (tertiary alicyclic amines) is 1. The highest BCUT2D eigenvalue weighted by molar-refractivity contribution is 5.75. The van der Waals surface area contributed by atoms with Crippen LogP contribution in [0.2, 0.25) is 0 Å². The molecule has 1 spiro atoms. The molecule has 2 saturated heterocycles. The highest BCUT2D eigenvalue weighted by atomic mass is 19.1. The number of β-amino-alcohol motifs (C(OH)–C–C–N with tert-alkyl or cyclic N) is 1. The minimum absolute atomic E-state index is 0.0562. The number of anilines is 2. The van der Waals surface area contributed by atoms with Crippen molar-refractivity contribution in [2.24, 2.45) is 23.0 Å². The number of halogens is 1. The molecule has 1 aliphatic carbocycles. The molecule has 1 aromatic heterocycles. The number of nitrogens with two attached hydrogens (primary N) is 1. The van der Waals surface area contributed by atoms with Crippen LogP contribution in [0.1, 0.15) is 39.0 Å². The van der Waals surface area contributed by atoms with Crippen molar-refractivity contribution in [1.29, 1.82) is 0 Å². The number of hydrogen-bond donors (Lipinski definition) is 3. The van der Waals surface area contributed by atoms with Crippen molar-refractivity contribution in [3.63, 3.8) is 0 Å². The quantitative estimate of drug-likeness (QED) is 0.500. The minimum atomic E-state index is -0.613. The zero-order chi connectivity index (χ0) is 23.4. The molecule has 33 heavy (non-hydrogen) atoms. The molecular weight excluding hydrogens is 427 g/mol. The zero-order valence-corrected chi connectivity index (χ0v) is 19.5. The highest BCUT2D eigenvalue weighted by Gasteiger charge is 2.41. The van der Waals surface area contributed by atoms with Crippen LogP contribution in [0.5, 0.6) is 0 Å². The first kappa shape index (κ1) is 24.1. The van der Waals surface area contributed by atoms with E-state index in [1.807, 2.05) is 16.7 Å². The molecule has 1 aromatic rings. The summed E-state index contributed by atoms with van der Waals surface area (Å²) in [5, 5.41) is 13.5. The molecule has 2 aliphatic heterocycles. The third-order valence-electron chi connectivity index (χ3n) is 7.63. The molecule has 184 valence electrons. The van der Waals surface area contributed by atoms with Gasteiger partial charge in [-0.15, -0.1) is 0 Å². The molecule has 10 heteroatoms. The fourth-order valence-electron chi connectivity index (χ4n) is 5.41. The fraction of sp³-hybridized carbons (Fsp3) is 0.783. The lowest BCUT2D eigenvalue weighted by Crippen LogP contribution is -2.48. The first-order chi connectivity index (χ1) is 15.9. The number of ether oxygens (including phenoxy) is 1. The van der Waals surface area contributed by atoms with Crippen LogP contribution in [0.4, 0.5) is 16.0 Å². The summed E-state index contributed by atoms with van der Waals surface area (Å²) in [4.78, 5) is 23.3. The Kier molecular flexibility index (Phi) is 7.65. The molecule has 1 amide bonds. The Hall–Kier alpha value is -2.04. The Balaban J connectivity index is 1.32. The standard InChI is InChI=1S/C23H37FN6O3/c1-2-30(10-16-3-6-23(7-4-16)13-33-14-23)22-20(24)21(27-15-28-22)26-9-17-5-8-29(11-18(17)31)12-19(25)32/h15-18,31H,2-14H2,1H3,(H2,25,32)(H,26,27,28)/t17?,18-/m0/s1. The molecule has 1 unspecified atom stereocenters. The van der Waals surface area contributed by atoms with Crippen molar-refractivity contribution >= 4 is 17.5 Å². The van der Waals surface area contributed by atoms with Crippen molar-refractivity contribution in [1.82, 2.24) is 14.9 Å². The first-order valence-corrected chi connectivity index (χ1v) is 12.1. The Labute approximate surface area is 194 Å². The summed E-state index contributed by atoms with van der Waals surface area (Å²) in [6.45, 7) is 6.87. The Morgan fingerprint density at radius 1 is 1.36 bits per heavy atom. The van der Waals surface area contributed by atoms with Gasteiger partial charge in [-0.3, -0.25) is 9.69 Å². The van der Waals surface area contributed by atoms with Gasteiger partial charge in [0.25, 0.3) is 0 Å². The average molecular weight is 465 g/mol. The fourth-order valence-corrected chi connectivity index (χ4v) is 5.41. The van der Waals surface area contributed by atoms with Gasteiger partial charge in [0.1, 0.15) is 6.33 Å². The van der Waals surface area contributed by atoms with Crippen molar-refractivity contribution in [3.8, 4) is 0 Å². The van der Waals surface area contributed by atoms with E-state index in [1.54, 1.807) is 0 Å². The van der Waals surface area contributed by atoms with E-state index in [2.05, 4.69) is 15.3 Å². The molecule has 4 rings (SSSR count). The van der Waals surface area contributed by atoms with Crippen LogP contribution in [0.25, 0.3) is 0 Å². The van der Waals surface area contributed by atoms with Gasteiger partial charge < -0.3 is 25.8 Å². The van der Waals surface area contributed by atoms with Gasteiger partial charge in [-0.05, 0) is 51.5 Å². The summed E-state index contributed by atoms with van der Waals surface area (Å²) in [5.41, 5.74) is 5.65. The predicted octanol–water partition coefficient (Wildman–Crippen LogP) is 1.23. The number of amides is 1. The number of rotatable bonds is 9. The SMILES string of the molecule is CCN(CC1CCC2(CC1)COC2)c1ncnc(NCC2CCN(CC(N)=O)C[C@@H]2O)c1F. The molecule has 3 fully saturated rings. The monoisotopic (exact) mass is 464 g/mol. The summed E-state index contributed by atoms with van der Waals surface area (Å²) in [5.74, 6) is 0.125. The number of hydrogen-bond acceptors (Lipinski definition) is 8. The maximum atomic E-state index is 15.3. The number of carbonyl (C=O) groups excluding carboxylic acids is 1. The third kappa shape index (κ3) is 5.73. The topological polar surface area (TPSA) is 117 Å². The predicted molar refractivity (Wildman–Crippen MR) is 123 cm³/mol. The van der Waals surface area contributed by atoms with Crippen molar-refractivity contribution in [2.45, 2.75) is 45.1 Å². The summed E-state index contributed by atoms with van der Waals surface area (Å²) in [6, 6.07) is 0. The molecule has 9 nitrogen and oxygen atoms in total. The Morgan fingerprint density at radius 2 is 2.12 bits per heavy atom. The van der Waals surface area contributed by atoms with Crippen molar-refractivity contribution in [2.75, 3.05) is 62.7 Å². The van der Waals surface area contributed by atoms with Crippen LogP contribution >= 0.6 is 0 Å². The van der Waals surface area contributed by atoms with Gasteiger partial charge in [0.05, 0.1) is 25.9 Å². The molecule has 1 saturated carbocycles. The maximum absolute atomic E-state index is 15.3. The lowest BCUT2D eigenvalue weighted by molar-refractivity contribution is -0.135. The van der Waals surface area contributed by atoms with Crippen LogP contribution in [0, 0.1) is 23.1 Å². The number of carbonyl (C=O) groups is 1. The van der Waals surface area contributed by atoms with Gasteiger partial charge in [0, 0.05) is 37.5 Å². The number of aliphatic hydroxyl groups is 1. The molecule has 2 atom stereocenters. The summed E-state index contributed by atoms with van der Waals surface area (Å²) in [6.07, 6.45) is 6.14. The van der Waals surface area contributed by atoms with Crippen molar-refractivity contribution in [3.05, 3.63) is 12.1 Å². The summed E-state index contributed by atoms with van der Waals surface area (Å²) < 4.78 is 20.8. The number of piperidine rings is 1. The number of nitrogens with zero attached hydrogens (tertiary/aromatic N) is 4. The number of primary amides is 1. The van der Waals surface area contributed by atoms with Gasteiger partial charge in [-0.1, -0.05) is 0 Å². The largest absolute Gasteiger partial charge is 0.391 e. The highest BCUT2D eigenvalue weighted by Crippen LogP contribution is 2.44. The van der Waals surface area contributed by atoms with Gasteiger partial charge in [0.15, 0.2) is 11.6 Å². The van der Waals surface area contributed by atoms with E-state index in [0.717, 1.165) is 32.6 Å². The van der Waals surface area contributed by atoms with E-state index in [0.29, 0.717) is 49.8 Å². The van der Waals surface area contributed by atoms with Gasteiger partial charge >= 0.3 is 0 Å². The van der Waals surface area contributed by atoms with E-state index in [1.165, 1.54) is 19.2 Å². The van der Waals surface area contributed by atoms with Crippen LogP contribution in [0.15, 0.2) is 6.33 Å². The molecular formula is C23H37FN6O3. The number of aliphatic hydroxyl groups excluding tert-OH is 1. The second-order valence-electron chi connectivity index (χ2n) is 10.0. The molecule has 3 heterocycles. The van der Waals surface area contributed by atoms with Crippen LogP contribution in [0.3, 0.4) is 0 Å². The van der Waals surface area contributed by atoms with Crippen LogP contribution in [-0.4, -0.2) is 84.5 Å². The lowest BCUT2D eigenvalue weighted by atomic mass is 9.69. The van der Waals surface area contributed by atoms with E-state index < -0.39 is 17.8 Å². The van der Waals surface area contributed by atoms with Crippen LogP contribution < -0.4 is 16.0 Å². The minimum Gasteiger partial charge on any atom is -0.391 e. The lowest BCUT2D eigenvalue weighted by Gasteiger charge is -2.46. The number of aromatic nitrogens is 2. The summed E-state index contributed by atoms with van der Waals surface area (Å²) in [7, 11) is 0. The van der Waals surface area contributed by atoms with Crippen molar-refractivity contribution < 1.29 is 19.0 Å². The van der Waals surface area contributed by atoms with E-state index in [-0.39, 0.29) is 18.3 Å². The van der Waals surface area contributed by atoms with E-state index in [9.17, 15) is 9.90 Å². The summed E-state index contributed by atoms with van der Waals surface area (Å²) >= 11 is 0. The average Bonchev–Trinajstić information content (AvgIpc) is 2.77. The molecule has 3 aliphatic rings. The molecule has 0 aromatic carbocycles. The second-order valence-corrected chi connectivity index (χ2v) is 10.0. The van der Waals surface area contributed by atoms with Gasteiger partial charge in [-0.2, -0.15) is 4.39 Å². The van der Waals surface area contributed by atoms with E-state index in [4.69, 9.17) is 10.5 Å². The van der Waals surface area contributed by atoms with Gasteiger partial charge in [0.2, 0.25) is 11.7 Å². The number of nitrogens with one attached hydrogen (secondary N) is 1. The van der Waals surface area contributed by atoms with Gasteiger partial charge in [-0.25, -0.2) is 9.97 Å². The molecule has 0 bridgehead atoms. The zero-order valence-electron chi connectivity index (χ0n) is 19.5.